The number of fused-ring (bicyclic) bond motifs is 1. The normalized spacial score (nSPS) is 10.5. The van der Waals surface area contributed by atoms with Gasteiger partial charge in [0.1, 0.15) is 5.75 Å². The molecular formula is C17H13NO3. The van der Waals surface area contributed by atoms with E-state index in [-0.39, 0.29) is 5.56 Å². The maximum absolute atomic E-state index is 11.5. The molecule has 0 saturated carbocycles. The minimum Gasteiger partial charge on any atom is -0.497 e. The van der Waals surface area contributed by atoms with Gasteiger partial charge < -0.3 is 9.84 Å². The van der Waals surface area contributed by atoms with Gasteiger partial charge >= 0.3 is 5.97 Å². The van der Waals surface area contributed by atoms with Gasteiger partial charge in [-0.15, -0.1) is 0 Å². The molecule has 21 heavy (non-hydrogen) atoms. The second-order valence-electron chi connectivity index (χ2n) is 4.61. The van der Waals surface area contributed by atoms with E-state index in [4.69, 9.17) is 4.74 Å². The molecule has 0 fully saturated rings. The van der Waals surface area contributed by atoms with Crippen LogP contribution in [0.4, 0.5) is 0 Å². The van der Waals surface area contributed by atoms with Crippen LogP contribution < -0.4 is 4.74 Å². The summed E-state index contributed by atoms with van der Waals surface area (Å²) < 4.78 is 5.18. The molecule has 1 heterocycles. The lowest BCUT2D eigenvalue weighted by molar-refractivity contribution is 0.0699. The molecule has 3 rings (SSSR count). The lowest BCUT2D eigenvalue weighted by atomic mass is 10.0. The van der Waals surface area contributed by atoms with Crippen LogP contribution in [0.25, 0.3) is 22.2 Å². The summed E-state index contributed by atoms with van der Waals surface area (Å²) >= 11 is 0. The topological polar surface area (TPSA) is 59.4 Å². The summed E-state index contributed by atoms with van der Waals surface area (Å²) in [6, 6.07) is 16.3. The minimum atomic E-state index is -0.968. The molecule has 2 aromatic carbocycles. The van der Waals surface area contributed by atoms with E-state index in [1.165, 1.54) is 0 Å². The first kappa shape index (κ1) is 13.1. The Morgan fingerprint density at radius 1 is 1.10 bits per heavy atom. The first-order chi connectivity index (χ1) is 10.2. The third kappa shape index (κ3) is 2.43. The molecule has 0 aliphatic heterocycles. The zero-order chi connectivity index (χ0) is 14.8. The number of carboxylic acids is 1. The second-order valence-corrected chi connectivity index (χ2v) is 4.61. The lowest BCUT2D eigenvalue weighted by Crippen LogP contribution is -2.00. The van der Waals surface area contributed by atoms with E-state index in [0.717, 1.165) is 5.56 Å². The van der Waals surface area contributed by atoms with Crippen LogP contribution in [-0.4, -0.2) is 23.2 Å². The molecule has 3 aromatic rings. The molecule has 0 unspecified atom stereocenters. The fourth-order valence-electron chi connectivity index (χ4n) is 2.27. The summed E-state index contributed by atoms with van der Waals surface area (Å²) in [5.41, 5.74) is 2.35. The summed E-state index contributed by atoms with van der Waals surface area (Å²) in [5, 5.41) is 10.0. The average molecular weight is 279 g/mol. The number of nitrogens with zero attached hydrogens (tertiary/aromatic N) is 1. The SMILES string of the molecule is COc1ccc2c(C(=O)O)cc(-c3ccccc3)nc2c1. The number of ether oxygens (including phenoxy) is 1. The average Bonchev–Trinajstić information content (AvgIpc) is 2.53. The Labute approximate surface area is 121 Å². The van der Waals surface area contributed by atoms with E-state index < -0.39 is 5.97 Å². The Morgan fingerprint density at radius 2 is 1.86 bits per heavy atom. The molecule has 0 spiro atoms. The van der Waals surface area contributed by atoms with Crippen LogP contribution in [0.2, 0.25) is 0 Å². The maximum atomic E-state index is 11.5. The first-order valence-corrected chi connectivity index (χ1v) is 6.46. The maximum Gasteiger partial charge on any atom is 0.336 e. The van der Waals surface area contributed by atoms with Crippen LogP contribution in [0.15, 0.2) is 54.6 Å². The number of carboxylic acid groups (broad SMARTS) is 1. The molecule has 4 heteroatoms. The Morgan fingerprint density at radius 3 is 2.52 bits per heavy atom. The number of carbonyl (C=O) groups is 1. The number of hydrogen-bond donors (Lipinski definition) is 1. The Bertz CT molecular complexity index is 813. The molecular weight excluding hydrogens is 266 g/mol. The van der Waals surface area contributed by atoms with Crippen LogP contribution in [-0.2, 0) is 0 Å². The van der Waals surface area contributed by atoms with E-state index in [1.807, 2.05) is 30.3 Å². The number of pyridine rings is 1. The predicted octanol–water partition coefficient (Wildman–Crippen LogP) is 3.61. The van der Waals surface area contributed by atoms with Crippen LogP contribution in [0.3, 0.4) is 0 Å². The van der Waals surface area contributed by atoms with Gasteiger partial charge in [0.05, 0.1) is 23.9 Å². The number of hydrogen-bond acceptors (Lipinski definition) is 3. The second kappa shape index (κ2) is 5.25. The van der Waals surface area contributed by atoms with Gasteiger partial charge in [-0.1, -0.05) is 30.3 Å². The predicted molar refractivity (Wildman–Crippen MR) is 80.7 cm³/mol. The largest absolute Gasteiger partial charge is 0.497 e. The summed E-state index contributed by atoms with van der Waals surface area (Å²) in [4.78, 5) is 16.0. The fraction of sp³-hybridized carbons (Fsp3) is 0.0588. The number of methoxy groups -OCH3 is 1. The van der Waals surface area contributed by atoms with E-state index in [9.17, 15) is 9.90 Å². The molecule has 1 N–H and O–H groups in total. The standard InChI is InChI=1S/C17H13NO3/c1-21-12-7-8-13-14(17(19)20)10-15(18-16(13)9-12)11-5-3-2-4-6-11/h2-10H,1H3,(H,19,20). The smallest absolute Gasteiger partial charge is 0.336 e. The van der Waals surface area contributed by atoms with Gasteiger partial charge in [-0.25, -0.2) is 9.78 Å². The summed E-state index contributed by atoms with van der Waals surface area (Å²) in [7, 11) is 1.57. The Hall–Kier alpha value is -2.88. The Balaban J connectivity index is 2.30. The fourth-order valence-corrected chi connectivity index (χ4v) is 2.27. The van der Waals surface area contributed by atoms with Crippen LogP contribution in [0.1, 0.15) is 10.4 Å². The molecule has 0 aliphatic carbocycles. The highest BCUT2D eigenvalue weighted by Crippen LogP contribution is 2.27. The third-order valence-corrected chi connectivity index (χ3v) is 3.32. The van der Waals surface area contributed by atoms with Crippen LogP contribution in [0.5, 0.6) is 5.75 Å². The van der Waals surface area contributed by atoms with Gasteiger partial charge in [0.15, 0.2) is 0 Å². The highest BCUT2D eigenvalue weighted by Gasteiger charge is 2.13. The lowest BCUT2D eigenvalue weighted by Gasteiger charge is -2.08. The van der Waals surface area contributed by atoms with Gasteiger partial charge in [-0.2, -0.15) is 0 Å². The third-order valence-electron chi connectivity index (χ3n) is 3.32. The molecule has 0 radical (unpaired) electrons. The van der Waals surface area contributed by atoms with Gasteiger partial charge in [0, 0.05) is 17.0 Å². The number of benzene rings is 2. The van der Waals surface area contributed by atoms with Crippen molar-refractivity contribution >= 4 is 16.9 Å². The van der Waals surface area contributed by atoms with Crippen molar-refractivity contribution in [2.45, 2.75) is 0 Å². The van der Waals surface area contributed by atoms with Crippen molar-refractivity contribution in [3.63, 3.8) is 0 Å². The Kier molecular flexibility index (Phi) is 3.28. The summed E-state index contributed by atoms with van der Waals surface area (Å²) in [5.74, 6) is -0.318. The monoisotopic (exact) mass is 279 g/mol. The molecule has 0 amide bonds. The van der Waals surface area contributed by atoms with Crippen molar-refractivity contribution < 1.29 is 14.6 Å². The molecule has 0 aliphatic rings. The van der Waals surface area contributed by atoms with E-state index in [1.54, 1.807) is 31.4 Å². The highest BCUT2D eigenvalue weighted by molar-refractivity contribution is 6.04. The number of aromatic carboxylic acids is 1. The van der Waals surface area contributed by atoms with Gasteiger partial charge in [-0.3, -0.25) is 0 Å². The van der Waals surface area contributed by atoms with Crippen LogP contribution in [0, 0.1) is 0 Å². The number of rotatable bonds is 3. The van der Waals surface area contributed by atoms with Crippen molar-refractivity contribution in [3.8, 4) is 17.0 Å². The van der Waals surface area contributed by atoms with Gasteiger partial charge in [-0.05, 0) is 18.2 Å². The van der Waals surface area contributed by atoms with Crippen molar-refractivity contribution in [3.05, 3.63) is 60.2 Å². The van der Waals surface area contributed by atoms with E-state index in [0.29, 0.717) is 22.3 Å². The van der Waals surface area contributed by atoms with E-state index >= 15 is 0 Å². The highest BCUT2D eigenvalue weighted by atomic mass is 16.5. The van der Waals surface area contributed by atoms with Crippen molar-refractivity contribution in [2.75, 3.05) is 7.11 Å². The summed E-state index contributed by atoms with van der Waals surface area (Å²) in [6.07, 6.45) is 0. The van der Waals surface area contributed by atoms with Crippen molar-refractivity contribution in [1.82, 2.24) is 4.98 Å². The molecule has 0 atom stereocenters. The van der Waals surface area contributed by atoms with Gasteiger partial charge in [0.2, 0.25) is 0 Å². The van der Waals surface area contributed by atoms with Gasteiger partial charge in [0.25, 0.3) is 0 Å². The molecule has 104 valence electrons. The minimum absolute atomic E-state index is 0.238. The number of aromatic nitrogens is 1. The van der Waals surface area contributed by atoms with Crippen molar-refractivity contribution in [1.29, 1.82) is 0 Å². The van der Waals surface area contributed by atoms with Crippen molar-refractivity contribution in [2.24, 2.45) is 0 Å². The zero-order valence-corrected chi connectivity index (χ0v) is 11.4. The molecule has 0 bridgehead atoms. The molecule has 1 aromatic heterocycles. The quantitative estimate of drug-likeness (QED) is 0.795. The molecule has 0 saturated heterocycles. The van der Waals surface area contributed by atoms with Crippen LogP contribution >= 0.6 is 0 Å². The first-order valence-electron chi connectivity index (χ1n) is 6.46. The molecule has 4 nitrogen and oxygen atoms in total. The van der Waals surface area contributed by atoms with E-state index in [2.05, 4.69) is 4.98 Å². The summed E-state index contributed by atoms with van der Waals surface area (Å²) in [6.45, 7) is 0. The zero-order valence-electron chi connectivity index (χ0n) is 11.4.